The summed E-state index contributed by atoms with van der Waals surface area (Å²) in [7, 11) is 3.82. The second-order valence-electron chi connectivity index (χ2n) is 9.94. The fourth-order valence-electron chi connectivity index (χ4n) is 4.26. The number of carbonyl (C=O) groups excluding carboxylic acids is 1. The van der Waals surface area contributed by atoms with E-state index in [1.54, 1.807) is 12.1 Å². The van der Waals surface area contributed by atoms with Crippen molar-refractivity contribution < 1.29 is 22.4 Å². The van der Waals surface area contributed by atoms with E-state index in [0.717, 1.165) is 16.5 Å². The highest BCUT2D eigenvalue weighted by Gasteiger charge is 2.47. The molecule has 0 bridgehead atoms. The van der Waals surface area contributed by atoms with Crippen molar-refractivity contribution in [2.45, 2.75) is 56.9 Å². The lowest BCUT2D eigenvalue weighted by Gasteiger charge is -2.29. The van der Waals surface area contributed by atoms with E-state index in [2.05, 4.69) is 16.7 Å². The Bertz CT molecular complexity index is 1290. The molecular formula is C26H29F3N4O2. The minimum Gasteiger partial charge on any atom is -0.456 e. The number of furan rings is 1. The van der Waals surface area contributed by atoms with Crippen LogP contribution in [0.4, 0.5) is 18.9 Å². The number of rotatable bonds is 8. The quantitative estimate of drug-likeness (QED) is 0.444. The van der Waals surface area contributed by atoms with Gasteiger partial charge in [-0.2, -0.15) is 18.4 Å². The molecule has 2 atom stereocenters. The monoisotopic (exact) mass is 486 g/mol. The lowest BCUT2D eigenvalue weighted by molar-refractivity contribution is -0.161. The molecule has 2 unspecified atom stereocenters. The number of fused-ring (bicyclic) bond motifs is 3. The highest BCUT2D eigenvalue weighted by Crippen LogP contribution is 2.38. The molecule has 1 heterocycles. The molecule has 1 aliphatic rings. The zero-order chi connectivity index (χ0) is 25.5. The van der Waals surface area contributed by atoms with E-state index in [4.69, 9.17) is 4.42 Å². The van der Waals surface area contributed by atoms with E-state index in [1.165, 1.54) is 12.1 Å². The van der Waals surface area contributed by atoms with Crippen LogP contribution in [-0.4, -0.2) is 37.8 Å². The van der Waals surface area contributed by atoms with Crippen LogP contribution in [0.15, 0.2) is 40.8 Å². The minimum atomic E-state index is -4.65. The summed E-state index contributed by atoms with van der Waals surface area (Å²) in [6.07, 6.45) is -3.45. The number of alkyl halides is 3. The highest BCUT2D eigenvalue weighted by molar-refractivity contribution is 6.06. The van der Waals surface area contributed by atoms with Crippen LogP contribution in [0.5, 0.6) is 0 Å². The SMILES string of the molecule is CC(C)CC(NC(c1ccc2c(c1)oc1ccc(N(C)C)cc12)C(F)(F)F)C(=O)NC1(C#N)CC1. The minimum absolute atomic E-state index is 0.0341. The van der Waals surface area contributed by atoms with Gasteiger partial charge >= 0.3 is 6.18 Å². The average molecular weight is 487 g/mol. The van der Waals surface area contributed by atoms with Crippen molar-refractivity contribution in [3.05, 3.63) is 42.0 Å². The Morgan fingerprint density at radius 1 is 1.14 bits per heavy atom. The van der Waals surface area contributed by atoms with Crippen molar-refractivity contribution in [1.29, 1.82) is 5.26 Å². The van der Waals surface area contributed by atoms with E-state index in [1.807, 2.05) is 45.0 Å². The molecule has 1 aromatic heterocycles. The number of carbonyl (C=O) groups is 1. The van der Waals surface area contributed by atoms with Gasteiger partial charge in [0.15, 0.2) is 0 Å². The Balaban J connectivity index is 1.68. The molecule has 2 aromatic carbocycles. The van der Waals surface area contributed by atoms with Gasteiger partial charge in [-0.25, -0.2) is 0 Å². The fraction of sp³-hybridized carbons (Fsp3) is 0.462. The van der Waals surface area contributed by atoms with Crippen molar-refractivity contribution in [1.82, 2.24) is 10.6 Å². The second kappa shape index (κ2) is 9.08. The van der Waals surface area contributed by atoms with Crippen LogP contribution in [0, 0.1) is 17.2 Å². The Hall–Kier alpha value is -3.25. The molecular weight excluding hydrogens is 457 g/mol. The van der Waals surface area contributed by atoms with E-state index in [-0.39, 0.29) is 17.9 Å². The number of nitrogens with zero attached hydrogens (tertiary/aromatic N) is 2. The number of anilines is 1. The van der Waals surface area contributed by atoms with Gasteiger partial charge in [-0.3, -0.25) is 10.1 Å². The lowest BCUT2D eigenvalue weighted by Crippen LogP contribution is -2.52. The van der Waals surface area contributed by atoms with Gasteiger partial charge in [0.2, 0.25) is 5.91 Å². The summed E-state index contributed by atoms with van der Waals surface area (Å²) in [6, 6.07) is 8.92. The Kier molecular flexibility index (Phi) is 6.45. The van der Waals surface area contributed by atoms with Gasteiger partial charge in [0, 0.05) is 30.6 Å². The maximum atomic E-state index is 14.2. The van der Waals surface area contributed by atoms with Gasteiger partial charge in [-0.05, 0) is 55.0 Å². The van der Waals surface area contributed by atoms with Crippen molar-refractivity contribution in [2.75, 3.05) is 19.0 Å². The summed E-state index contributed by atoms with van der Waals surface area (Å²) in [5.74, 6) is -0.624. The van der Waals surface area contributed by atoms with Crippen LogP contribution in [0.3, 0.4) is 0 Å². The number of halogens is 3. The molecule has 2 N–H and O–H groups in total. The summed E-state index contributed by atoms with van der Waals surface area (Å²) in [5.41, 5.74) is 0.881. The topological polar surface area (TPSA) is 81.3 Å². The van der Waals surface area contributed by atoms with Gasteiger partial charge in [-0.1, -0.05) is 26.0 Å². The summed E-state index contributed by atoms with van der Waals surface area (Å²) < 4.78 is 48.6. The number of hydrogen-bond donors (Lipinski definition) is 2. The van der Waals surface area contributed by atoms with Gasteiger partial charge < -0.3 is 14.6 Å². The number of nitrogens with one attached hydrogen (secondary N) is 2. The highest BCUT2D eigenvalue weighted by atomic mass is 19.4. The fourth-order valence-corrected chi connectivity index (χ4v) is 4.26. The van der Waals surface area contributed by atoms with Crippen LogP contribution < -0.4 is 15.5 Å². The summed E-state index contributed by atoms with van der Waals surface area (Å²) in [6.45, 7) is 3.67. The van der Waals surface area contributed by atoms with Crippen molar-refractivity contribution in [3.8, 4) is 6.07 Å². The molecule has 0 aliphatic heterocycles. The molecule has 1 fully saturated rings. The number of amides is 1. The Morgan fingerprint density at radius 2 is 1.86 bits per heavy atom. The predicted molar refractivity (Wildman–Crippen MR) is 129 cm³/mol. The van der Waals surface area contributed by atoms with E-state index >= 15 is 0 Å². The molecule has 1 aliphatic carbocycles. The molecule has 35 heavy (non-hydrogen) atoms. The van der Waals surface area contributed by atoms with Gasteiger partial charge in [-0.15, -0.1) is 0 Å². The normalized spacial score (nSPS) is 16.8. The predicted octanol–water partition coefficient (Wildman–Crippen LogP) is 5.43. The molecule has 0 saturated heterocycles. The molecule has 0 spiro atoms. The van der Waals surface area contributed by atoms with E-state index in [0.29, 0.717) is 24.0 Å². The van der Waals surface area contributed by atoms with Gasteiger partial charge in [0.1, 0.15) is 22.7 Å². The summed E-state index contributed by atoms with van der Waals surface area (Å²) in [4.78, 5) is 14.8. The third-order valence-corrected chi connectivity index (χ3v) is 6.37. The van der Waals surface area contributed by atoms with Crippen LogP contribution in [0.1, 0.15) is 44.7 Å². The maximum absolute atomic E-state index is 14.2. The van der Waals surface area contributed by atoms with Crippen LogP contribution in [0.2, 0.25) is 0 Å². The molecule has 3 aromatic rings. The number of hydrogen-bond acceptors (Lipinski definition) is 5. The Labute approximate surface area is 202 Å². The molecule has 1 amide bonds. The summed E-state index contributed by atoms with van der Waals surface area (Å²) >= 11 is 0. The van der Waals surface area contributed by atoms with Gasteiger partial charge in [0.05, 0.1) is 12.1 Å². The number of benzene rings is 2. The standard InChI is InChI=1S/C26H29F3N4O2/c1-15(2)11-20(24(34)32-25(14-30)9-10-25)31-23(26(27,28)29)16-5-7-18-19-13-17(33(3)4)6-8-21(19)35-22(18)12-16/h5-8,12-13,15,20,23,31H,9-11H2,1-4H3,(H,32,34). The second-order valence-corrected chi connectivity index (χ2v) is 9.94. The zero-order valence-electron chi connectivity index (χ0n) is 20.2. The molecule has 186 valence electrons. The third kappa shape index (κ3) is 5.22. The maximum Gasteiger partial charge on any atom is 0.407 e. The first-order valence-electron chi connectivity index (χ1n) is 11.6. The summed E-state index contributed by atoms with van der Waals surface area (Å²) in [5, 5.41) is 16.0. The van der Waals surface area contributed by atoms with Crippen molar-refractivity contribution in [2.24, 2.45) is 5.92 Å². The number of nitriles is 1. The smallest absolute Gasteiger partial charge is 0.407 e. The molecule has 9 heteroatoms. The lowest BCUT2D eigenvalue weighted by atomic mass is 9.98. The largest absolute Gasteiger partial charge is 0.456 e. The molecule has 6 nitrogen and oxygen atoms in total. The van der Waals surface area contributed by atoms with Crippen molar-refractivity contribution in [3.63, 3.8) is 0 Å². The third-order valence-electron chi connectivity index (χ3n) is 6.37. The van der Waals surface area contributed by atoms with Crippen LogP contribution in [0.25, 0.3) is 21.9 Å². The first-order chi connectivity index (χ1) is 16.4. The first kappa shape index (κ1) is 24.9. The van der Waals surface area contributed by atoms with E-state index < -0.39 is 29.7 Å². The molecule has 4 rings (SSSR count). The zero-order valence-corrected chi connectivity index (χ0v) is 20.2. The Morgan fingerprint density at radius 3 is 2.43 bits per heavy atom. The van der Waals surface area contributed by atoms with Crippen LogP contribution >= 0.6 is 0 Å². The molecule has 1 saturated carbocycles. The van der Waals surface area contributed by atoms with E-state index in [9.17, 15) is 23.2 Å². The van der Waals surface area contributed by atoms with Gasteiger partial charge in [0.25, 0.3) is 0 Å². The van der Waals surface area contributed by atoms with Crippen molar-refractivity contribution >= 4 is 33.5 Å². The first-order valence-corrected chi connectivity index (χ1v) is 11.6. The molecule has 0 radical (unpaired) electrons. The average Bonchev–Trinajstić information content (AvgIpc) is 3.46. The van der Waals surface area contributed by atoms with Crippen LogP contribution in [-0.2, 0) is 4.79 Å².